The van der Waals surface area contributed by atoms with E-state index < -0.39 is 23.5 Å². The Balaban J connectivity index is 2.12. The van der Waals surface area contributed by atoms with Gasteiger partial charge in [0, 0.05) is 11.6 Å². The number of amides is 1. The molecular weight excluding hydrogens is 286 g/mol. The van der Waals surface area contributed by atoms with Gasteiger partial charge in [-0.15, -0.1) is 0 Å². The Morgan fingerprint density at radius 3 is 2.29 bits per heavy atom. The first-order valence-electron chi connectivity index (χ1n) is 7.05. The van der Waals surface area contributed by atoms with E-state index in [1.807, 2.05) is 0 Å². The van der Waals surface area contributed by atoms with Crippen LogP contribution in [-0.4, -0.2) is 11.9 Å². The molecular formula is C15H17F4NO. The highest BCUT2D eigenvalue weighted by Crippen LogP contribution is 2.32. The van der Waals surface area contributed by atoms with Crippen molar-refractivity contribution in [3.63, 3.8) is 0 Å². The number of hydrogen-bond donors (Lipinski definition) is 1. The maximum Gasteiger partial charge on any atom is 0.419 e. The Labute approximate surface area is 120 Å². The summed E-state index contributed by atoms with van der Waals surface area (Å²) in [4.78, 5) is 12.0. The molecule has 1 aliphatic carbocycles. The van der Waals surface area contributed by atoms with E-state index in [0.717, 1.165) is 44.6 Å². The van der Waals surface area contributed by atoms with Crippen LogP contribution >= 0.6 is 0 Å². The van der Waals surface area contributed by atoms with Crippen LogP contribution in [0.1, 0.15) is 54.4 Å². The second-order valence-electron chi connectivity index (χ2n) is 5.35. The van der Waals surface area contributed by atoms with Gasteiger partial charge in [-0.25, -0.2) is 4.39 Å². The molecule has 0 unspecified atom stereocenters. The average molecular weight is 303 g/mol. The fourth-order valence-electron chi connectivity index (χ4n) is 2.58. The molecule has 1 aromatic carbocycles. The van der Waals surface area contributed by atoms with Crippen LogP contribution in [0.5, 0.6) is 0 Å². The first kappa shape index (κ1) is 15.8. The summed E-state index contributed by atoms with van der Waals surface area (Å²) in [6.45, 7) is 0. The van der Waals surface area contributed by atoms with Gasteiger partial charge in [0.1, 0.15) is 5.82 Å². The summed E-state index contributed by atoms with van der Waals surface area (Å²) >= 11 is 0. The number of nitrogens with one attached hydrogen (secondary N) is 1. The highest BCUT2D eigenvalue weighted by atomic mass is 19.4. The molecule has 6 heteroatoms. The van der Waals surface area contributed by atoms with Crippen LogP contribution < -0.4 is 5.32 Å². The van der Waals surface area contributed by atoms with E-state index in [1.54, 1.807) is 0 Å². The molecule has 2 nitrogen and oxygen atoms in total. The van der Waals surface area contributed by atoms with Crippen LogP contribution in [0, 0.1) is 5.82 Å². The van der Waals surface area contributed by atoms with Crippen LogP contribution in [0.4, 0.5) is 17.6 Å². The molecule has 0 radical (unpaired) electrons. The molecule has 0 aromatic heterocycles. The van der Waals surface area contributed by atoms with Crippen molar-refractivity contribution >= 4 is 5.91 Å². The van der Waals surface area contributed by atoms with E-state index in [-0.39, 0.29) is 11.6 Å². The lowest BCUT2D eigenvalue weighted by Crippen LogP contribution is -2.34. The summed E-state index contributed by atoms with van der Waals surface area (Å²) < 4.78 is 51.1. The second-order valence-corrected chi connectivity index (χ2v) is 5.35. The molecule has 0 heterocycles. The molecule has 1 N–H and O–H groups in total. The van der Waals surface area contributed by atoms with Crippen molar-refractivity contribution in [3.8, 4) is 0 Å². The summed E-state index contributed by atoms with van der Waals surface area (Å²) in [5.74, 6) is -1.94. The van der Waals surface area contributed by atoms with E-state index in [0.29, 0.717) is 12.1 Å². The SMILES string of the molecule is O=C(NC1CCCCCC1)c1ccc(F)c(C(F)(F)F)c1. The van der Waals surface area contributed by atoms with Crippen LogP contribution in [0.3, 0.4) is 0 Å². The highest BCUT2D eigenvalue weighted by Gasteiger charge is 2.34. The maximum atomic E-state index is 13.2. The lowest BCUT2D eigenvalue weighted by Gasteiger charge is -2.17. The zero-order chi connectivity index (χ0) is 15.5. The third kappa shape index (κ3) is 4.19. The van der Waals surface area contributed by atoms with Crippen LogP contribution in [0.2, 0.25) is 0 Å². The monoisotopic (exact) mass is 303 g/mol. The van der Waals surface area contributed by atoms with Gasteiger partial charge in [-0.3, -0.25) is 4.79 Å². The number of halogens is 4. The molecule has 1 aromatic rings. The summed E-state index contributed by atoms with van der Waals surface area (Å²) in [6.07, 6.45) is 1.09. The van der Waals surface area contributed by atoms with Crippen molar-refractivity contribution in [3.05, 3.63) is 35.1 Å². The zero-order valence-electron chi connectivity index (χ0n) is 11.5. The Morgan fingerprint density at radius 2 is 1.71 bits per heavy atom. The Morgan fingerprint density at radius 1 is 1.10 bits per heavy atom. The summed E-state index contributed by atoms with van der Waals surface area (Å²) in [6, 6.07) is 2.32. The molecule has 0 atom stereocenters. The minimum atomic E-state index is -4.80. The van der Waals surface area contributed by atoms with Gasteiger partial charge >= 0.3 is 6.18 Å². The average Bonchev–Trinajstić information content (AvgIpc) is 2.66. The van der Waals surface area contributed by atoms with Crippen molar-refractivity contribution in [2.45, 2.75) is 50.7 Å². The molecule has 0 saturated heterocycles. The molecule has 1 aliphatic rings. The van der Waals surface area contributed by atoms with E-state index in [2.05, 4.69) is 5.32 Å². The van der Waals surface area contributed by atoms with Crippen LogP contribution in [0.15, 0.2) is 18.2 Å². The van der Waals surface area contributed by atoms with Crippen molar-refractivity contribution in [1.82, 2.24) is 5.32 Å². The predicted octanol–water partition coefficient (Wildman–Crippen LogP) is 4.30. The molecule has 21 heavy (non-hydrogen) atoms. The van der Waals surface area contributed by atoms with Gasteiger partial charge in [-0.2, -0.15) is 13.2 Å². The van der Waals surface area contributed by atoms with Gasteiger partial charge in [0.2, 0.25) is 0 Å². The Kier molecular flexibility index (Phi) is 4.85. The minimum absolute atomic E-state index is 0.0145. The van der Waals surface area contributed by atoms with E-state index >= 15 is 0 Å². The van der Waals surface area contributed by atoms with Crippen molar-refractivity contribution in [2.75, 3.05) is 0 Å². The fraction of sp³-hybridized carbons (Fsp3) is 0.533. The third-order valence-electron chi connectivity index (χ3n) is 3.72. The standard InChI is InChI=1S/C15H17F4NO/c16-13-8-7-10(9-12(13)15(17,18)19)14(21)20-11-5-3-1-2-4-6-11/h7-9,11H,1-6H2,(H,20,21). The molecule has 1 amide bonds. The number of rotatable bonds is 2. The molecule has 1 fully saturated rings. The number of benzene rings is 1. The lowest BCUT2D eigenvalue weighted by atomic mass is 10.1. The Bertz CT molecular complexity index is 505. The summed E-state index contributed by atoms with van der Waals surface area (Å²) in [5, 5.41) is 2.74. The van der Waals surface area contributed by atoms with Crippen LogP contribution in [0.25, 0.3) is 0 Å². The second kappa shape index (κ2) is 6.45. The zero-order valence-corrected chi connectivity index (χ0v) is 11.5. The third-order valence-corrected chi connectivity index (χ3v) is 3.72. The first-order valence-corrected chi connectivity index (χ1v) is 7.05. The molecule has 2 rings (SSSR count). The number of hydrogen-bond acceptors (Lipinski definition) is 1. The Hall–Kier alpha value is -1.59. The van der Waals surface area contributed by atoms with Gasteiger partial charge in [0.25, 0.3) is 5.91 Å². The first-order chi connectivity index (χ1) is 9.88. The minimum Gasteiger partial charge on any atom is -0.349 e. The largest absolute Gasteiger partial charge is 0.419 e. The number of carbonyl (C=O) groups is 1. The van der Waals surface area contributed by atoms with Crippen LogP contribution in [-0.2, 0) is 6.18 Å². The molecule has 1 saturated carbocycles. The molecule has 0 aliphatic heterocycles. The summed E-state index contributed by atoms with van der Waals surface area (Å²) in [5.41, 5.74) is -1.57. The lowest BCUT2D eigenvalue weighted by molar-refractivity contribution is -0.140. The highest BCUT2D eigenvalue weighted by molar-refractivity contribution is 5.94. The van der Waals surface area contributed by atoms with E-state index in [1.165, 1.54) is 0 Å². The fourth-order valence-corrected chi connectivity index (χ4v) is 2.58. The van der Waals surface area contributed by atoms with Crippen molar-refractivity contribution < 1.29 is 22.4 Å². The van der Waals surface area contributed by atoms with Gasteiger partial charge in [-0.05, 0) is 31.0 Å². The maximum absolute atomic E-state index is 13.2. The smallest absolute Gasteiger partial charge is 0.349 e. The topological polar surface area (TPSA) is 29.1 Å². The van der Waals surface area contributed by atoms with Gasteiger partial charge in [-0.1, -0.05) is 25.7 Å². The molecule has 116 valence electrons. The quantitative estimate of drug-likeness (QED) is 0.640. The molecule has 0 spiro atoms. The van der Waals surface area contributed by atoms with Gasteiger partial charge in [0.05, 0.1) is 5.56 Å². The van der Waals surface area contributed by atoms with E-state index in [4.69, 9.17) is 0 Å². The van der Waals surface area contributed by atoms with Gasteiger partial charge in [0.15, 0.2) is 0 Å². The normalized spacial score (nSPS) is 17.3. The van der Waals surface area contributed by atoms with Crippen molar-refractivity contribution in [1.29, 1.82) is 0 Å². The van der Waals surface area contributed by atoms with Crippen molar-refractivity contribution in [2.24, 2.45) is 0 Å². The predicted molar refractivity (Wildman–Crippen MR) is 70.4 cm³/mol. The van der Waals surface area contributed by atoms with Gasteiger partial charge < -0.3 is 5.32 Å². The summed E-state index contributed by atoms with van der Waals surface area (Å²) in [7, 11) is 0. The molecule has 0 bridgehead atoms. The number of carbonyl (C=O) groups excluding carboxylic acids is 1. The number of alkyl halides is 3. The van der Waals surface area contributed by atoms with E-state index in [9.17, 15) is 22.4 Å².